The van der Waals surface area contributed by atoms with Crippen LogP contribution < -0.4 is 24.4 Å². The molecule has 10 heteroatoms. The van der Waals surface area contributed by atoms with Crippen molar-refractivity contribution in [3.63, 3.8) is 0 Å². The van der Waals surface area contributed by atoms with E-state index in [1.807, 2.05) is 18.2 Å². The average Bonchev–Trinajstić information content (AvgIpc) is 3.14. The Bertz CT molecular complexity index is 1520. The molecule has 3 aromatic rings. The van der Waals surface area contributed by atoms with Crippen LogP contribution in [0.3, 0.4) is 0 Å². The van der Waals surface area contributed by atoms with Gasteiger partial charge in [-0.15, -0.1) is 0 Å². The number of aromatic nitrogens is 1. The molecule has 0 aliphatic carbocycles. The highest BCUT2D eigenvalue weighted by atomic mass is 79.9. The van der Waals surface area contributed by atoms with E-state index in [-0.39, 0.29) is 29.2 Å². The van der Waals surface area contributed by atoms with Crippen molar-refractivity contribution in [3.8, 4) is 17.2 Å². The Balaban J connectivity index is 2.00. The molecule has 1 N–H and O–H groups in total. The zero-order valence-electron chi connectivity index (χ0n) is 19.5. The molecule has 1 aromatic heterocycles. The van der Waals surface area contributed by atoms with Crippen LogP contribution in [0.25, 0.3) is 6.08 Å². The highest BCUT2D eigenvalue weighted by Gasteiger charge is 2.34. The van der Waals surface area contributed by atoms with Crippen LogP contribution in [0.5, 0.6) is 17.2 Å². The summed E-state index contributed by atoms with van der Waals surface area (Å²) in [4.78, 5) is 31.8. The number of methoxy groups -OCH3 is 2. The summed E-state index contributed by atoms with van der Waals surface area (Å²) in [6.45, 7) is 3.65. The zero-order valence-corrected chi connectivity index (χ0v) is 21.9. The number of phenolic OH excluding ortho intramolecular Hbond substituents is 1. The number of hydrogen-bond acceptors (Lipinski definition) is 8. The number of carbonyl (C=O) groups excluding carboxylic acids is 1. The van der Waals surface area contributed by atoms with Crippen molar-refractivity contribution in [1.29, 1.82) is 0 Å². The Morgan fingerprint density at radius 3 is 2.63 bits per heavy atom. The maximum atomic E-state index is 13.7. The first-order valence-corrected chi connectivity index (χ1v) is 12.3. The number of esters is 1. The van der Waals surface area contributed by atoms with E-state index in [2.05, 4.69) is 20.9 Å². The fraction of sp³-hybridized carbons (Fsp3) is 0.240. The maximum absolute atomic E-state index is 13.7. The molecule has 1 atom stereocenters. The van der Waals surface area contributed by atoms with Gasteiger partial charge in [-0.25, -0.2) is 9.79 Å². The molecule has 0 fully saturated rings. The number of fused-ring (bicyclic) bond motifs is 1. The number of rotatable bonds is 6. The lowest BCUT2D eigenvalue weighted by molar-refractivity contribution is -0.139. The number of ether oxygens (including phenoxy) is 3. The van der Waals surface area contributed by atoms with Gasteiger partial charge in [0, 0.05) is 10.0 Å². The molecule has 8 nitrogen and oxygen atoms in total. The molecule has 0 spiro atoms. The summed E-state index contributed by atoms with van der Waals surface area (Å²) < 4.78 is 18.6. The van der Waals surface area contributed by atoms with Crippen LogP contribution >= 0.6 is 27.3 Å². The van der Waals surface area contributed by atoms with Crippen LogP contribution in [-0.2, 0) is 9.53 Å². The summed E-state index contributed by atoms with van der Waals surface area (Å²) in [7, 11) is 2.99. The number of benzene rings is 2. The summed E-state index contributed by atoms with van der Waals surface area (Å²) in [6.07, 6.45) is 1.69. The van der Waals surface area contributed by atoms with Crippen molar-refractivity contribution in [2.75, 3.05) is 20.8 Å². The lowest BCUT2D eigenvalue weighted by atomic mass is 9.95. The lowest BCUT2D eigenvalue weighted by Gasteiger charge is -2.25. The third-order valence-electron chi connectivity index (χ3n) is 5.54. The quantitative estimate of drug-likeness (QED) is 0.466. The van der Waals surface area contributed by atoms with E-state index in [1.165, 1.54) is 29.1 Å². The molecule has 4 rings (SSSR count). The van der Waals surface area contributed by atoms with E-state index in [0.717, 1.165) is 0 Å². The fourth-order valence-corrected chi connectivity index (χ4v) is 5.44. The predicted molar refractivity (Wildman–Crippen MR) is 136 cm³/mol. The highest BCUT2D eigenvalue weighted by molar-refractivity contribution is 9.10. The third-order valence-corrected chi connectivity index (χ3v) is 7.21. The molecule has 182 valence electrons. The van der Waals surface area contributed by atoms with Crippen molar-refractivity contribution in [1.82, 2.24) is 4.57 Å². The first-order valence-electron chi connectivity index (χ1n) is 10.7. The molecule has 1 aliphatic rings. The van der Waals surface area contributed by atoms with E-state index in [1.54, 1.807) is 39.2 Å². The molecular formula is C25H23BrN2O6S. The molecular weight excluding hydrogens is 536 g/mol. The van der Waals surface area contributed by atoms with Gasteiger partial charge in [0.05, 0.1) is 36.6 Å². The predicted octanol–water partition coefficient (Wildman–Crippen LogP) is 3.28. The SMILES string of the molecule is CCOC(=O)C1=C(C)N=c2sc(=Cc3cc(OC)c(O)cc3Br)c(=O)n2C1c1ccccc1OC. The molecule has 1 unspecified atom stereocenters. The van der Waals surface area contributed by atoms with Gasteiger partial charge in [0.25, 0.3) is 5.56 Å². The summed E-state index contributed by atoms with van der Waals surface area (Å²) in [5.74, 6) is 0.253. The molecule has 35 heavy (non-hydrogen) atoms. The largest absolute Gasteiger partial charge is 0.504 e. The maximum Gasteiger partial charge on any atom is 0.338 e. The first-order chi connectivity index (χ1) is 16.8. The second-order valence-corrected chi connectivity index (χ2v) is 9.45. The minimum Gasteiger partial charge on any atom is -0.504 e. The van der Waals surface area contributed by atoms with Gasteiger partial charge in [-0.05, 0) is 43.7 Å². The van der Waals surface area contributed by atoms with Crippen LogP contribution in [0, 0.1) is 0 Å². The van der Waals surface area contributed by atoms with Crippen molar-refractivity contribution >= 4 is 39.3 Å². The van der Waals surface area contributed by atoms with Crippen LogP contribution in [-0.4, -0.2) is 36.5 Å². The molecule has 2 aromatic carbocycles. The van der Waals surface area contributed by atoms with E-state index in [9.17, 15) is 14.7 Å². The number of halogens is 1. The van der Waals surface area contributed by atoms with E-state index in [4.69, 9.17) is 14.2 Å². The standard InChI is InChI=1S/C25H23BrN2O6S/c1-5-34-24(31)21-13(2)27-25-28(22(21)15-8-6-7-9-18(15)32-3)23(30)20(35-25)11-14-10-19(33-4)17(29)12-16(14)26/h6-12,22,29H,5H2,1-4H3. The van der Waals surface area contributed by atoms with Crippen molar-refractivity contribution < 1.29 is 24.1 Å². The van der Waals surface area contributed by atoms with Crippen LogP contribution in [0.15, 0.2) is 61.9 Å². The summed E-state index contributed by atoms with van der Waals surface area (Å²) in [5, 5.41) is 10.0. The Kier molecular flexibility index (Phi) is 7.13. The highest BCUT2D eigenvalue weighted by Crippen LogP contribution is 2.36. The smallest absolute Gasteiger partial charge is 0.338 e. The number of allylic oxidation sites excluding steroid dienone is 1. The van der Waals surface area contributed by atoms with Gasteiger partial charge in [0.2, 0.25) is 0 Å². The van der Waals surface area contributed by atoms with Crippen LogP contribution in [0.2, 0.25) is 0 Å². The molecule has 0 bridgehead atoms. The molecule has 0 amide bonds. The van der Waals surface area contributed by atoms with Gasteiger partial charge in [0.1, 0.15) is 11.8 Å². The third kappa shape index (κ3) is 4.51. The number of nitrogens with zero attached hydrogens (tertiary/aromatic N) is 2. The van der Waals surface area contributed by atoms with Gasteiger partial charge in [-0.1, -0.05) is 45.5 Å². The second kappa shape index (κ2) is 10.1. The normalized spacial score (nSPS) is 15.5. The van der Waals surface area contributed by atoms with Crippen molar-refractivity contribution in [3.05, 3.63) is 83.0 Å². The fourth-order valence-electron chi connectivity index (χ4n) is 3.95. The number of phenols is 1. The van der Waals surface area contributed by atoms with Gasteiger partial charge >= 0.3 is 5.97 Å². The number of hydrogen-bond donors (Lipinski definition) is 1. The van der Waals surface area contributed by atoms with Gasteiger partial charge in [0.15, 0.2) is 16.3 Å². The Morgan fingerprint density at radius 2 is 1.94 bits per heavy atom. The van der Waals surface area contributed by atoms with Crippen molar-refractivity contribution in [2.24, 2.45) is 4.99 Å². The number of carbonyl (C=O) groups is 1. The minimum absolute atomic E-state index is 0.0242. The monoisotopic (exact) mass is 558 g/mol. The Hall–Kier alpha value is -3.37. The second-order valence-electron chi connectivity index (χ2n) is 7.59. The zero-order chi connectivity index (χ0) is 25.3. The molecule has 0 radical (unpaired) electrons. The van der Waals surface area contributed by atoms with Crippen LogP contribution in [0.1, 0.15) is 31.0 Å². The van der Waals surface area contributed by atoms with E-state index in [0.29, 0.717) is 36.4 Å². The van der Waals surface area contributed by atoms with Gasteiger partial charge < -0.3 is 19.3 Å². The first kappa shape index (κ1) is 24.7. The Morgan fingerprint density at radius 1 is 1.23 bits per heavy atom. The van der Waals surface area contributed by atoms with Gasteiger partial charge in [-0.2, -0.15) is 0 Å². The van der Waals surface area contributed by atoms with E-state index < -0.39 is 12.0 Å². The summed E-state index contributed by atoms with van der Waals surface area (Å²) >= 11 is 4.63. The average molecular weight is 559 g/mol. The number of thiazole rings is 1. The van der Waals surface area contributed by atoms with Gasteiger partial charge in [-0.3, -0.25) is 9.36 Å². The summed E-state index contributed by atoms with van der Waals surface area (Å²) in [5.41, 5.74) is 1.72. The van der Waals surface area contributed by atoms with Crippen LogP contribution in [0.4, 0.5) is 0 Å². The minimum atomic E-state index is -0.776. The molecule has 2 heterocycles. The number of aromatic hydroxyl groups is 1. The Labute approximate surface area is 213 Å². The molecule has 0 saturated heterocycles. The van der Waals surface area contributed by atoms with E-state index >= 15 is 0 Å². The molecule has 1 aliphatic heterocycles. The van der Waals surface area contributed by atoms with Crippen molar-refractivity contribution in [2.45, 2.75) is 19.9 Å². The summed E-state index contributed by atoms with van der Waals surface area (Å²) in [6, 6.07) is 9.60. The molecule has 0 saturated carbocycles. The topological polar surface area (TPSA) is 99.4 Å². The number of para-hydroxylation sites is 1. The lowest BCUT2D eigenvalue weighted by Crippen LogP contribution is -2.40.